The van der Waals surface area contributed by atoms with Gasteiger partial charge in [0, 0.05) is 18.0 Å². The SMILES string of the molecule is Cc1cc(C2C(c3ccccn3)N=C3SC(C)CN32)cc(C)c1O. The summed E-state index contributed by atoms with van der Waals surface area (Å²) in [6.45, 7) is 7.15. The number of fused-ring (bicyclic) bond motifs is 1. The van der Waals surface area contributed by atoms with Crippen LogP contribution in [0.15, 0.2) is 41.5 Å². The largest absolute Gasteiger partial charge is 0.507 e. The van der Waals surface area contributed by atoms with Crippen molar-refractivity contribution in [1.29, 1.82) is 0 Å². The number of benzene rings is 1. The summed E-state index contributed by atoms with van der Waals surface area (Å²) in [5, 5.41) is 11.8. The van der Waals surface area contributed by atoms with Crippen molar-refractivity contribution < 1.29 is 5.11 Å². The first-order valence-corrected chi connectivity index (χ1v) is 9.14. The van der Waals surface area contributed by atoms with Gasteiger partial charge in [-0.05, 0) is 42.7 Å². The third-order valence-corrected chi connectivity index (χ3v) is 5.84. The van der Waals surface area contributed by atoms with E-state index in [0.717, 1.165) is 28.5 Å². The van der Waals surface area contributed by atoms with E-state index in [4.69, 9.17) is 4.99 Å². The second-order valence-electron chi connectivity index (χ2n) is 6.64. The average molecular weight is 339 g/mol. The molecule has 0 bridgehead atoms. The number of nitrogens with zero attached hydrogens (tertiary/aromatic N) is 3. The summed E-state index contributed by atoms with van der Waals surface area (Å²) < 4.78 is 0. The van der Waals surface area contributed by atoms with Crippen molar-refractivity contribution in [1.82, 2.24) is 9.88 Å². The van der Waals surface area contributed by atoms with Gasteiger partial charge in [-0.1, -0.05) is 36.9 Å². The lowest BCUT2D eigenvalue weighted by Crippen LogP contribution is -2.28. The lowest BCUT2D eigenvalue weighted by Gasteiger charge is -2.28. The molecule has 1 N–H and O–H groups in total. The van der Waals surface area contributed by atoms with Crippen LogP contribution in [0.1, 0.15) is 41.4 Å². The van der Waals surface area contributed by atoms with Gasteiger partial charge in [-0.15, -0.1) is 0 Å². The molecule has 0 radical (unpaired) electrons. The molecular formula is C19H21N3OS. The van der Waals surface area contributed by atoms with Gasteiger partial charge < -0.3 is 10.0 Å². The highest BCUT2D eigenvalue weighted by molar-refractivity contribution is 8.14. The first-order valence-electron chi connectivity index (χ1n) is 8.26. The van der Waals surface area contributed by atoms with E-state index in [1.807, 2.05) is 43.9 Å². The summed E-state index contributed by atoms with van der Waals surface area (Å²) in [7, 11) is 0. The normalized spacial score (nSPS) is 25.7. The first kappa shape index (κ1) is 15.5. The van der Waals surface area contributed by atoms with Crippen molar-refractivity contribution in [3.8, 4) is 5.75 Å². The van der Waals surface area contributed by atoms with Crippen molar-refractivity contribution in [3.63, 3.8) is 0 Å². The number of pyridine rings is 1. The van der Waals surface area contributed by atoms with Crippen LogP contribution >= 0.6 is 11.8 Å². The molecule has 0 amide bonds. The van der Waals surface area contributed by atoms with E-state index in [2.05, 4.69) is 35.0 Å². The summed E-state index contributed by atoms with van der Waals surface area (Å²) in [5.74, 6) is 0.386. The van der Waals surface area contributed by atoms with Gasteiger partial charge in [0.15, 0.2) is 5.17 Å². The van der Waals surface area contributed by atoms with Gasteiger partial charge in [-0.2, -0.15) is 0 Å². The van der Waals surface area contributed by atoms with Crippen LogP contribution in [0.2, 0.25) is 0 Å². The van der Waals surface area contributed by atoms with Crippen LogP contribution in [-0.4, -0.2) is 32.0 Å². The molecule has 0 spiro atoms. The standard InChI is InChI=1S/C19H21N3OS/c1-11-8-14(9-12(2)18(11)23)17-16(15-6-4-5-7-20-15)21-19-22(17)10-13(3)24-19/h4-9,13,16-17,23H,10H2,1-3H3. The third-order valence-electron chi connectivity index (χ3n) is 4.74. The smallest absolute Gasteiger partial charge is 0.160 e. The Hall–Kier alpha value is -2.01. The number of rotatable bonds is 2. The van der Waals surface area contributed by atoms with Crippen molar-refractivity contribution in [3.05, 3.63) is 58.9 Å². The van der Waals surface area contributed by atoms with E-state index < -0.39 is 0 Å². The van der Waals surface area contributed by atoms with Gasteiger partial charge in [0.05, 0.1) is 11.7 Å². The molecule has 1 aromatic carbocycles. The van der Waals surface area contributed by atoms with E-state index in [1.54, 1.807) is 0 Å². The Labute approximate surface area is 146 Å². The van der Waals surface area contributed by atoms with Crippen LogP contribution in [0.4, 0.5) is 0 Å². The van der Waals surface area contributed by atoms with Gasteiger partial charge in [0.25, 0.3) is 0 Å². The zero-order valence-electron chi connectivity index (χ0n) is 14.1. The number of phenols is 1. The number of hydrogen-bond donors (Lipinski definition) is 1. The van der Waals surface area contributed by atoms with Gasteiger partial charge >= 0.3 is 0 Å². The van der Waals surface area contributed by atoms with Crippen LogP contribution in [0, 0.1) is 13.8 Å². The summed E-state index contributed by atoms with van der Waals surface area (Å²) in [6, 6.07) is 10.3. The molecule has 0 aliphatic carbocycles. The summed E-state index contributed by atoms with van der Waals surface area (Å²) in [6.07, 6.45) is 1.83. The van der Waals surface area contributed by atoms with Crippen molar-refractivity contribution in [2.75, 3.05) is 6.54 Å². The highest BCUT2D eigenvalue weighted by Crippen LogP contribution is 2.48. The fraction of sp³-hybridized carbons (Fsp3) is 0.368. The highest BCUT2D eigenvalue weighted by Gasteiger charge is 2.43. The van der Waals surface area contributed by atoms with Crippen molar-refractivity contribution in [2.24, 2.45) is 4.99 Å². The zero-order chi connectivity index (χ0) is 16.8. The Bertz CT molecular complexity index is 783. The minimum Gasteiger partial charge on any atom is -0.507 e. The fourth-order valence-electron chi connectivity index (χ4n) is 3.64. The predicted octanol–water partition coefficient (Wildman–Crippen LogP) is 3.99. The molecular weight excluding hydrogens is 318 g/mol. The highest BCUT2D eigenvalue weighted by atomic mass is 32.2. The summed E-state index contributed by atoms with van der Waals surface area (Å²) in [5.41, 5.74) is 4.03. The quantitative estimate of drug-likeness (QED) is 0.899. The van der Waals surface area contributed by atoms with Crippen LogP contribution in [0.25, 0.3) is 0 Å². The van der Waals surface area contributed by atoms with E-state index >= 15 is 0 Å². The third kappa shape index (κ3) is 2.47. The summed E-state index contributed by atoms with van der Waals surface area (Å²) in [4.78, 5) is 11.9. The van der Waals surface area contributed by atoms with E-state index in [-0.39, 0.29) is 12.1 Å². The lowest BCUT2D eigenvalue weighted by molar-refractivity contribution is 0.320. The molecule has 1 saturated heterocycles. The molecule has 3 unspecified atom stereocenters. The van der Waals surface area contributed by atoms with E-state index in [9.17, 15) is 5.11 Å². The molecule has 4 rings (SSSR count). The second-order valence-corrected chi connectivity index (χ2v) is 8.05. The van der Waals surface area contributed by atoms with Crippen LogP contribution in [-0.2, 0) is 0 Å². The van der Waals surface area contributed by atoms with E-state index in [0.29, 0.717) is 11.0 Å². The molecule has 0 saturated carbocycles. The molecule has 124 valence electrons. The molecule has 1 fully saturated rings. The number of amidine groups is 1. The molecule has 2 aromatic rings. The van der Waals surface area contributed by atoms with E-state index in [1.165, 1.54) is 5.56 Å². The van der Waals surface area contributed by atoms with Crippen LogP contribution < -0.4 is 0 Å². The van der Waals surface area contributed by atoms with Gasteiger partial charge in [0.2, 0.25) is 0 Å². The maximum Gasteiger partial charge on any atom is 0.160 e. The molecule has 3 heterocycles. The molecule has 1 aromatic heterocycles. The minimum atomic E-state index is 0.00421. The van der Waals surface area contributed by atoms with Crippen molar-refractivity contribution in [2.45, 2.75) is 38.1 Å². The lowest BCUT2D eigenvalue weighted by atomic mass is 9.93. The molecule has 5 heteroatoms. The second kappa shape index (κ2) is 5.81. The topological polar surface area (TPSA) is 48.7 Å². The Kier molecular flexibility index (Phi) is 3.76. The molecule has 3 atom stereocenters. The van der Waals surface area contributed by atoms with Crippen molar-refractivity contribution >= 4 is 16.9 Å². The number of phenolic OH excluding ortho intramolecular Hbond substituents is 1. The van der Waals surface area contributed by atoms with Gasteiger partial charge in [-0.3, -0.25) is 9.98 Å². The number of aromatic hydroxyl groups is 1. The fourth-order valence-corrected chi connectivity index (χ4v) is 4.73. The Balaban J connectivity index is 1.81. The van der Waals surface area contributed by atoms with Crippen LogP contribution in [0.3, 0.4) is 0 Å². The van der Waals surface area contributed by atoms with Crippen LogP contribution in [0.5, 0.6) is 5.75 Å². The predicted molar refractivity (Wildman–Crippen MR) is 98.5 cm³/mol. The molecule has 2 aliphatic rings. The molecule has 4 nitrogen and oxygen atoms in total. The maximum atomic E-state index is 10.1. The Morgan fingerprint density at radius 2 is 1.96 bits per heavy atom. The minimum absolute atomic E-state index is 0.00421. The number of aliphatic imine (C=N–C) groups is 1. The molecule has 2 aliphatic heterocycles. The van der Waals surface area contributed by atoms with Gasteiger partial charge in [-0.25, -0.2) is 0 Å². The number of hydrogen-bond acceptors (Lipinski definition) is 5. The Morgan fingerprint density at radius 3 is 2.62 bits per heavy atom. The number of thioether (sulfide) groups is 1. The first-order chi connectivity index (χ1) is 11.5. The number of aromatic nitrogens is 1. The summed E-state index contributed by atoms with van der Waals surface area (Å²) >= 11 is 1.84. The Morgan fingerprint density at radius 1 is 1.21 bits per heavy atom. The average Bonchev–Trinajstić information content (AvgIpc) is 3.08. The van der Waals surface area contributed by atoms with Gasteiger partial charge in [0.1, 0.15) is 11.8 Å². The zero-order valence-corrected chi connectivity index (χ0v) is 14.9. The maximum absolute atomic E-state index is 10.1. The molecule has 24 heavy (non-hydrogen) atoms. The number of aryl methyl sites for hydroxylation is 2. The monoisotopic (exact) mass is 339 g/mol.